The van der Waals surface area contributed by atoms with Gasteiger partial charge in [-0.2, -0.15) is 0 Å². The van der Waals surface area contributed by atoms with Gasteiger partial charge in [0.15, 0.2) is 0 Å². The van der Waals surface area contributed by atoms with Crippen LogP contribution in [0.15, 0.2) is 30.6 Å². The summed E-state index contributed by atoms with van der Waals surface area (Å²) >= 11 is 0. The minimum Gasteiger partial charge on any atom is -0.357 e. The summed E-state index contributed by atoms with van der Waals surface area (Å²) < 4.78 is 0. The van der Waals surface area contributed by atoms with Crippen molar-refractivity contribution in [1.29, 1.82) is 0 Å². The lowest BCUT2D eigenvalue weighted by Gasteiger charge is -2.22. The molecule has 1 aromatic heterocycles. The van der Waals surface area contributed by atoms with Crippen molar-refractivity contribution >= 4 is 17.4 Å². The predicted molar refractivity (Wildman–Crippen MR) is 98.7 cm³/mol. The number of aromatic nitrogens is 2. The third kappa shape index (κ3) is 4.54. The number of hydrogen-bond acceptors (Lipinski definition) is 4. The second-order valence-electron chi connectivity index (χ2n) is 6.02. The Kier molecular flexibility index (Phi) is 6.29. The first-order chi connectivity index (χ1) is 11.5. The first kappa shape index (κ1) is 17.9. The molecule has 1 N–H and O–H groups in total. The minimum atomic E-state index is -0.208. The van der Waals surface area contributed by atoms with E-state index in [1.807, 2.05) is 32.0 Å². The molecule has 0 bridgehead atoms. The van der Waals surface area contributed by atoms with Crippen LogP contribution < -0.4 is 10.2 Å². The summed E-state index contributed by atoms with van der Waals surface area (Å²) in [5.41, 5.74) is 3.34. The number of nitrogens with zero attached hydrogens (tertiary/aromatic N) is 3. The number of amides is 1. The van der Waals surface area contributed by atoms with E-state index in [4.69, 9.17) is 0 Å². The van der Waals surface area contributed by atoms with Crippen molar-refractivity contribution in [3.8, 4) is 0 Å². The SMILES string of the molecule is CCCN(CCC)c1cc(C(=O)Nc2cc(C)ccc2C)ncn1. The van der Waals surface area contributed by atoms with E-state index < -0.39 is 0 Å². The van der Waals surface area contributed by atoms with Crippen molar-refractivity contribution < 1.29 is 4.79 Å². The zero-order valence-corrected chi connectivity index (χ0v) is 15.0. The topological polar surface area (TPSA) is 58.1 Å². The number of nitrogens with one attached hydrogen (secondary N) is 1. The van der Waals surface area contributed by atoms with Crippen LogP contribution in [0.25, 0.3) is 0 Å². The molecule has 5 nitrogen and oxygen atoms in total. The molecule has 1 amide bonds. The molecule has 2 rings (SSSR count). The Hall–Kier alpha value is -2.43. The summed E-state index contributed by atoms with van der Waals surface area (Å²) in [6, 6.07) is 7.77. The van der Waals surface area contributed by atoms with E-state index in [1.54, 1.807) is 6.07 Å². The number of hydrogen-bond donors (Lipinski definition) is 1. The van der Waals surface area contributed by atoms with Crippen LogP contribution in [0, 0.1) is 13.8 Å². The Morgan fingerprint density at radius 2 is 1.79 bits per heavy atom. The second kappa shape index (κ2) is 8.43. The van der Waals surface area contributed by atoms with Gasteiger partial charge in [-0.05, 0) is 43.9 Å². The van der Waals surface area contributed by atoms with Crippen molar-refractivity contribution in [3.05, 3.63) is 47.4 Å². The minimum absolute atomic E-state index is 0.208. The number of anilines is 2. The van der Waals surface area contributed by atoms with Crippen molar-refractivity contribution in [2.45, 2.75) is 40.5 Å². The highest BCUT2D eigenvalue weighted by Crippen LogP contribution is 2.18. The van der Waals surface area contributed by atoms with Gasteiger partial charge in [0.1, 0.15) is 17.8 Å². The highest BCUT2D eigenvalue weighted by Gasteiger charge is 2.13. The summed E-state index contributed by atoms with van der Waals surface area (Å²) in [5, 5.41) is 2.95. The molecule has 0 unspecified atom stereocenters. The fourth-order valence-corrected chi connectivity index (χ4v) is 2.58. The van der Waals surface area contributed by atoms with Crippen LogP contribution in [0.3, 0.4) is 0 Å². The third-order valence-corrected chi connectivity index (χ3v) is 3.84. The summed E-state index contributed by atoms with van der Waals surface area (Å²) in [6.07, 6.45) is 3.54. The van der Waals surface area contributed by atoms with E-state index in [0.29, 0.717) is 5.69 Å². The van der Waals surface area contributed by atoms with E-state index in [0.717, 1.165) is 48.6 Å². The first-order valence-electron chi connectivity index (χ1n) is 8.50. The molecule has 128 valence electrons. The van der Waals surface area contributed by atoms with Crippen molar-refractivity contribution in [3.63, 3.8) is 0 Å². The molecule has 1 heterocycles. The quantitative estimate of drug-likeness (QED) is 0.836. The zero-order chi connectivity index (χ0) is 17.5. The van der Waals surface area contributed by atoms with E-state index in [9.17, 15) is 4.79 Å². The van der Waals surface area contributed by atoms with Gasteiger partial charge in [-0.15, -0.1) is 0 Å². The molecule has 0 saturated heterocycles. The lowest BCUT2D eigenvalue weighted by Crippen LogP contribution is -2.26. The van der Waals surface area contributed by atoms with Crippen LogP contribution in [-0.4, -0.2) is 29.0 Å². The van der Waals surface area contributed by atoms with Crippen LogP contribution in [0.2, 0.25) is 0 Å². The highest BCUT2D eigenvalue weighted by atomic mass is 16.1. The van der Waals surface area contributed by atoms with Gasteiger partial charge >= 0.3 is 0 Å². The average molecular weight is 326 g/mol. The number of carbonyl (C=O) groups excluding carboxylic acids is 1. The molecule has 0 aliphatic carbocycles. The molecule has 0 radical (unpaired) electrons. The maximum Gasteiger partial charge on any atom is 0.274 e. The molecule has 5 heteroatoms. The van der Waals surface area contributed by atoms with Crippen LogP contribution in [0.4, 0.5) is 11.5 Å². The largest absolute Gasteiger partial charge is 0.357 e. The van der Waals surface area contributed by atoms with Gasteiger partial charge in [0.2, 0.25) is 0 Å². The summed E-state index contributed by atoms with van der Waals surface area (Å²) in [7, 11) is 0. The van der Waals surface area contributed by atoms with Crippen LogP contribution >= 0.6 is 0 Å². The molecule has 0 aliphatic heterocycles. The van der Waals surface area contributed by atoms with Gasteiger partial charge in [0.25, 0.3) is 5.91 Å². The van der Waals surface area contributed by atoms with Crippen molar-refractivity contribution in [2.75, 3.05) is 23.3 Å². The van der Waals surface area contributed by atoms with Gasteiger partial charge in [-0.3, -0.25) is 4.79 Å². The Labute approximate surface area is 144 Å². The van der Waals surface area contributed by atoms with Crippen LogP contribution in [-0.2, 0) is 0 Å². The maximum atomic E-state index is 12.5. The molecule has 1 aromatic carbocycles. The number of carbonyl (C=O) groups is 1. The predicted octanol–water partition coefficient (Wildman–Crippen LogP) is 3.97. The van der Waals surface area contributed by atoms with Crippen LogP contribution in [0.5, 0.6) is 0 Å². The molecular formula is C19H26N4O. The van der Waals surface area contributed by atoms with Crippen LogP contribution in [0.1, 0.15) is 48.3 Å². The normalized spacial score (nSPS) is 10.5. The summed E-state index contributed by atoms with van der Waals surface area (Å²) in [5.74, 6) is 0.597. The zero-order valence-electron chi connectivity index (χ0n) is 15.0. The molecule has 2 aromatic rings. The van der Waals surface area contributed by atoms with E-state index in [1.165, 1.54) is 6.33 Å². The van der Waals surface area contributed by atoms with Gasteiger partial charge < -0.3 is 10.2 Å². The standard InChI is InChI=1S/C19H26N4O/c1-5-9-23(10-6-2)18-12-17(20-13-21-18)19(24)22-16-11-14(3)7-8-15(16)4/h7-8,11-13H,5-6,9-10H2,1-4H3,(H,22,24). The second-order valence-corrected chi connectivity index (χ2v) is 6.02. The molecular weight excluding hydrogens is 300 g/mol. The fraction of sp³-hybridized carbons (Fsp3) is 0.421. The molecule has 0 saturated carbocycles. The highest BCUT2D eigenvalue weighted by molar-refractivity contribution is 6.03. The van der Waals surface area contributed by atoms with Gasteiger partial charge in [0, 0.05) is 24.8 Å². The molecule has 0 atom stereocenters. The molecule has 24 heavy (non-hydrogen) atoms. The van der Waals surface area contributed by atoms with Crippen molar-refractivity contribution in [1.82, 2.24) is 9.97 Å². The monoisotopic (exact) mass is 326 g/mol. The van der Waals surface area contributed by atoms with Gasteiger partial charge in [-0.1, -0.05) is 26.0 Å². The number of rotatable bonds is 7. The number of benzene rings is 1. The maximum absolute atomic E-state index is 12.5. The Morgan fingerprint density at radius 3 is 2.46 bits per heavy atom. The Balaban J connectivity index is 2.20. The summed E-state index contributed by atoms with van der Waals surface area (Å²) in [4.78, 5) is 23.2. The van der Waals surface area contributed by atoms with E-state index >= 15 is 0 Å². The summed E-state index contributed by atoms with van der Waals surface area (Å²) in [6.45, 7) is 10.1. The number of aryl methyl sites for hydroxylation is 2. The Bertz CT molecular complexity index is 694. The van der Waals surface area contributed by atoms with Gasteiger partial charge in [0.05, 0.1) is 0 Å². The fourth-order valence-electron chi connectivity index (χ4n) is 2.58. The third-order valence-electron chi connectivity index (χ3n) is 3.84. The molecule has 0 spiro atoms. The first-order valence-corrected chi connectivity index (χ1v) is 8.50. The molecule has 0 aliphatic rings. The Morgan fingerprint density at radius 1 is 1.08 bits per heavy atom. The smallest absolute Gasteiger partial charge is 0.274 e. The lowest BCUT2D eigenvalue weighted by atomic mass is 10.1. The van der Waals surface area contributed by atoms with Gasteiger partial charge in [-0.25, -0.2) is 9.97 Å². The van der Waals surface area contributed by atoms with E-state index in [-0.39, 0.29) is 5.91 Å². The average Bonchev–Trinajstić information content (AvgIpc) is 2.58. The molecule has 0 fully saturated rings. The van der Waals surface area contributed by atoms with Crippen molar-refractivity contribution in [2.24, 2.45) is 0 Å². The lowest BCUT2D eigenvalue weighted by molar-refractivity contribution is 0.102. The van der Waals surface area contributed by atoms with E-state index in [2.05, 4.69) is 34.0 Å².